The van der Waals surface area contributed by atoms with Crippen LogP contribution in [0.1, 0.15) is 95.6 Å². The summed E-state index contributed by atoms with van der Waals surface area (Å²) in [5.74, 6) is 2.91. The number of unbranched alkanes of at least 4 members (excludes halogenated alkanes) is 2. The molecule has 1 aromatic carbocycles. The number of halogens is 2. The number of allylic oxidation sites excluding steroid dienone is 1. The van der Waals surface area contributed by atoms with E-state index in [1.165, 1.54) is 64.2 Å². The summed E-state index contributed by atoms with van der Waals surface area (Å²) in [6.07, 6.45) is 20.1. The number of hydrogen-bond acceptors (Lipinski definition) is 1. The first kappa shape index (κ1) is 23.8. The van der Waals surface area contributed by atoms with Crippen molar-refractivity contribution >= 4 is 0 Å². The molecule has 1 nitrogen and oxygen atoms in total. The highest BCUT2D eigenvalue weighted by Crippen LogP contribution is 2.49. The summed E-state index contributed by atoms with van der Waals surface area (Å²) in [6, 6.07) is 1.56. The molecule has 0 bridgehead atoms. The highest BCUT2D eigenvalue weighted by molar-refractivity contribution is 5.41. The minimum atomic E-state index is -0.545. The van der Waals surface area contributed by atoms with E-state index in [0.717, 1.165) is 48.5 Å². The molecule has 3 heteroatoms. The number of rotatable bonds is 8. The average Bonchev–Trinajstić information content (AvgIpc) is 2.80. The number of fused-ring (bicyclic) bond motifs is 2. The second kappa shape index (κ2) is 11.2. The lowest BCUT2D eigenvalue weighted by atomic mass is 9.61. The van der Waals surface area contributed by atoms with E-state index in [9.17, 15) is 8.78 Å². The van der Waals surface area contributed by atoms with E-state index in [-0.39, 0.29) is 12.4 Å². The van der Waals surface area contributed by atoms with Crippen LogP contribution < -0.4 is 4.74 Å². The van der Waals surface area contributed by atoms with Crippen LogP contribution in [0.2, 0.25) is 0 Å². The predicted octanol–water partition coefficient (Wildman–Crippen LogP) is 8.44. The summed E-state index contributed by atoms with van der Waals surface area (Å²) in [5.41, 5.74) is 1.58. The molecule has 178 valence electrons. The zero-order valence-electron chi connectivity index (χ0n) is 20.2. The molecular formula is C29H42F2O. The number of hydrogen-bond donors (Lipinski definition) is 0. The van der Waals surface area contributed by atoms with Crippen LogP contribution in [0.25, 0.3) is 0 Å². The van der Waals surface area contributed by atoms with Gasteiger partial charge < -0.3 is 4.74 Å². The van der Waals surface area contributed by atoms with Gasteiger partial charge in [0.1, 0.15) is 6.61 Å². The van der Waals surface area contributed by atoms with Crippen molar-refractivity contribution in [3.63, 3.8) is 0 Å². The molecule has 5 atom stereocenters. The Morgan fingerprint density at radius 3 is 2.50 bits per heavy atom. The van der Waals surface area contributed by atoms with Gasteiger partial charge >= 0.3 is 0 Å². The molecule has 3 aliphatic rings. The van der Waals surface area contributed by atoms with Crippen molar-refractivity contribution in [3.05, 3.63) is 41.0 Å². The molecule has 2 fully saturated rings. The second-order valence-electron chi connectivity index (χ2n) is 10.8. The molecule has 5 unspecified atom stereocenters. The minimum absolute atomic E-state index is 0.198. The van der Waals surface area contributed by atoms with E-state index in [2.05, 4.69) is 6.92 Å². The van der Waals surface area contributed by atoms with Crippen LogP contribution in [0.3, 0.4) is 0 Å². The highest BCUT2D eigenvalue weighted by atomic mass is 19.1. The van der Waals surface area contributed by atoms with E-state index >= 15 is 0 Å². The van der Waals surface area contributed by atoms with Crippen molar-refractivity contribution in [3.8, 4) is 5.75 Å². The average molecular weight is 445 g/mol. The Hall–Kier alpha value is -1.38. The van der Waals surface area contributed by atoms with Crippen LogP contribution in [0.4, 0.5) is 8.78 Å². The van der Waals surface area contributed by atoms with Crippen LogP contribution >= 0.6 is 0 Å². The maximum Gasteiger partial charge on any atom is 0.191 e. The van der Waals surface area contributed by atoms with Crippen molar-refractivity contribution in [2.24, 2.45) is 29.6 Å². The molecule has 1 aromatic rings. The quantitative estimate of drug-likeness (QED) is 0.289. The van der Waals surface area contributed by atoms with Gasteiger partial charge in [-0.1, -0.05) is 51.2 Å². The Bertz CT molecular complexity index is 786. The molecule has 4 rings (SSSR count). The van der Waals surface area contributed by atoms with Crippen LogP contribution in [-0.4, -0.2) is 6.61 Å². The minimum Gasteiger partial charge on any atom is -0.483 e. The van der Waals surface area contributed by atoms with Gasteiger partial charge in [0.2, 0.25) is 0 Å². The first-order chi connectivity index (χ1) is 15.6. The van der Waals surface area contributed by atoms with Gasteiger partial charge in [0, 0.05) is 0 Å². The smallest absolute Gasteiger partial charge is 0.191 e. The predicted molar refractivity (Wildman–Crippen MR) is 128 cm³/mol. The van der Waals surface area contributed by atoms with E-state index in [4.69, 9.17) is 4.74 Å². The Balaban J connectivity index is 1.35. The maximum atomic E-state index is 15.0. The van der Waals surface area contributed by atoms with Crippen molar-refractivity contribution in [1.82, 2.24) is 0 Å². The maximum absolute atomic E-state index is 15.0. The van der Waals surface area contributed by atoms with E-state index in [1.807, 2.05) is 13.0 Å². The molecule has 0 radical (unpaired) electrons. The van der Waals surface area contributed by atoms with Crippen molar-refractivity contribution in [2.75, 3.05) is 6.61 Å². The molecule has 0 saturated heterocycles. The van der Waals surface area contributed by atoms with Gasteiger partial charge in [0.05, 0.1) is 0 Å². The zero-order valence-corrected chi connectivity index (χ0v) is 20.2. The van der Waals surface area contributed by atoms with Gasteiger partial charge in [-0.2, -0.15) is 0 Å². The summed E-state index contributed by atoms with van der Waals surface area (Å²) in [7, 11) is 0. The Kier molecular flexibility index (Phi) is 8.29. The van der Waals surface area contributed by atoms with Crippen molar-refractivity contribution < 1.29 is 13.5 Å². The molecule has 0 amide bonds. The summed E-state index contributed by atoms with van der Waals surface area (Å²) in [4.78, 5) is 0. The van der Waals surface area contributed by atoms with E-state index in [0.29, 0.717) is 11.5 Å². The lowest BCUT2D eigenvalue weighted by molar-refractivity contribution is 0.0688. The fourth-order valence-electron chi connectivity index (χ4n) is 7.01. The van der Waals surface area contributed by atoms with Crippen molar-refractivity contribution in [2.45, 2.75) is 97.3 Å². The van der Waals surface area contributed by atoms with Crippen LogP contribution in [0.15, 0.2) is 18.2 Å². The van der Waals surface area contributed by atoms with Gasteiger partial charge in [-0.15, -0.1) is 0 Å². The molecule has 2 saturated carbocycles. The van der Waals surface area contributed by atoms with E-state index < -0.39 is 11.6 Å². The zero-order chi connectivity index (χ0) is 22.5. The van der Waals surface area contributed by atoms with Gasteiger partial charge in [-0.25, -0.2) is 8.78 Å². The lowest BCUT2D eigenvalue weighted by Gasteiger charge is -2.45. The van der Waals surface area contributed by atoms with Gasteiger partial charge in [0.15, 0.2) is 17.4 Å². The molecule has 0 heterocycles. The van der Waals surface area contributed by atoms with Gasteiger partial charge in [-0.3, -0.25) is 0 Å². The first-order valence-corrected chi connectivity index (χ1v) is 13.3. The standard InChI is InChI=1S/C29H42F2O/c1-3-5-7-8-20-9-10-22-17-23(12-11-21(22)16-20)24-13-14-26-25(18-24)19-27(30)29(28(26)31)32-15-6-4-2/h4,6,19-24H,3,5,7-18H2,1-2H3/b6-4+. The number of ether oxygens (including phenoxy) is 1. The fraction of sp³-hybridized carbons (Fsp3) is 0.724. The SMILES string of the molecule is C/C=C/COc1c(F)cc2c(c1F)CCC(C1CCC3CC(CCCCC)CCC3C1)C2. The van der Waals surface area contributed by atoms with Crippen LogP contribution in [-0.2, 0) is 12.8 Å². The monoisotopic (exact) mass is 444 g/mol. The van der Waals surface area contributed by atoms with Crippen LogP contribution in [0, 0.1) is 41.2 Å². The topological polar surface area (TPSA) is 9.23 Å². The largest absolute Gasteiger partial charge is 0.483 e. The second-order valence-corrected chi connectivity index (χ2v) is 10.8. The summed E-state index contributed by atoms with van der Waals surface area (Å²) in [6.45, 7) is 4.37. The normalized spacial score (nSPS) is 30.2. The van der Waals surface area contributed by atoms with E-state index in [1.54, 1.807) is 12.1 Å². The van der Waals surface area contributed by atoms with Gasteiger partial charge in [-0.05, 0) is 105 Å². The van der Waals surface area contributed by atoms with Gasteiger partial charge in [0.25, 0.3) is 0 Å². The summed E-state index contributed by atoms with van der Waals surface area (Å²) >= 11 is 0. The number of benzene rings is 1. The molecule has 0 aromatic heterocycles. The summed E-state index contributed by atoms with van der Waals surface area (Å²) in [5, 5.41) is 0. The molecular weight excluding hydrogens is 402 g/mol. The molecule has 0 spiro atoms. The third-order valence-corrected chi connectivity index (χ3v) is 8.82. The highest BCUT2D eigenvalue weighted by Gasteiger charge is 2.39. The summed E-state index contributed by atoms with van der Waals surface area (Å²) < 4.78 is 35.0. The Morgan fingerprint density at radius 2 is 1.72 bits per heavy atom. The Morgan fingerprint density at radius 1 is 0.969 bits per heavy atom. The third kappa shape index (κ3) is 5.39. The fourth-order valence-corrected chi connectivity index (χ4v) is 7.01. The molecule has 0 N–H and O–H groups in total. The molecule has 0 aliphatic heterocycles. The Labute approximate surface area is 194 Å². The first-order valence-electron chi connectivity index (χ1n) is 13.3. The molecule has 32 heavy (non-hydrogen) atoms. The lowest BCUT2D eigenvalue weighted by Crippen LogP contribution is -2.35. The third-order valence-electron chi connectivity index (χ3n) is 8.82. The van der Waals surface area contributed by atoms with Crippen LogP contribution in [0.5, 0.6) is 5.75 Å². The molecule has 3 aliphatic carbocycles. The van der Waals surface area contributed by atoms with Crippen molar-refractivity contribution in [1.29, 1.82) is 0 Å².